The van der Waals surface area contributed by atoms with Crippen LogP contribution in [0.25, 0.3) is 22.4 Å². The molecule has 4 rings (SSSR count). The van der Waals surface area contributed by atoms with Gasteiger partial charge in [0.2, 0.25) is 11.8 Å². The van der Waals surface area contributed by atoms with Gasteiger partial charge in [0.25, 0.3) is 5.91 Å². The number of benzene rings is 1. The van der Waals surface area contributed by atoms with Crippen molar-refractivity contribution in [1.29, 1.82) is 0 Å². The maximum atomic E-state index is 12.6. The van der Waals surface area contributed by atoms with E-state index >= 15 is 0 Å². The number of carbonyl (C=O) groups excluding carboxylic acids is 1. The van der Waals surface area contributed by atoms with E-state index in [1.165, 1.54) is 0 Å². The number of amides is 1. The maximum Gasteiger partial charge on any atom is 0.270 e. The van der Waals surface area contributed by atoms with E-state index in [0.29, 0.717) is 39.8 Å². The molecule has 0 aliphatic carbocycles. The zero-order valence-electron chi connectivity index (χ0n) is 15.2. The number of aryl methyl sites for hydroxylation is 2. The number of hydrogen-bond acceptors (Lipinski definition) is 6. The third-order valence-corrected chi connectivity index (χ3v) is 4.47. The van der Waals surface area contributed by atoms with Gasteiger partial charge in [0.1, 0.15) is 5.69 Å². The molecule has 8 heteroatoms. The highest BCUT2D eigenvalue weighted by atomic mass is 35.5. The highest BCUT2D eigenvalue weighted by Gasteiger charge is 2.18. The molecule has 7 nitrogen and oxygen atoms in total. The Bertz CT molecular complexity index is 1170. The summed E-state index contributed by atoms with van der Waals surface area (Å²) < 4.78 is 5.56. The summed E-state index contributed by atoms with van der Waals surface area (Å²) in [6.45, 7) is 3.95. The summed E-state index contributed by atoms with van der Waals surface area (Å²) in [5.74, 6) is 0.434. The van der Waals surface area contributed by atoms with Crippen molar-refractivity contribution in [3.8, 4) is 11.5 Å². The summed E-state index contributed by atoms with van der Waals surface area (Å²) in [7, 11) is 0. The summed E-state index contributed by atoms with van der Waals surface area (Å²) >= 11 is 6.46. The Kier molecular flexibility index (Phi) is 4.75. The van der Waals surface area contributed by atoms with Crippen molar-refractivity contribution in [3.05, 3.63) is 70.5 Å². The zero-order chi connectivity index (χ0) is 19.7. The lowest BCUT2D eigenvalue weighted by Crippen LogP contribution is -2.24. The number of fused-ring (bicyclic) bond motifs is 1. The molecule has 140 valence electrons. The molecule has 0 atom stereocenters. The molecule has 1 aromatic carbocycles. The van der Waals surface area contributed by atoms with Crippen LogP contribution in [-0.4, -0.2) is 26.1 Å². The SMILES string of the molecule is Cc1cc(-c2nnc(C)o2)c2nc(C(=O)NCc3ccccn3)cc(Cl)c2c1. The molecule has 0 fully saturated rings. The van der Waals surface area contributed by atoms with Crippen LogP contribution in [0.3, 0.4) is 0 Å². The Morgan fingerprint density at radius 3 is 2.75 bits per heavy atom. The Morgan fingerprint density at radius 1 is 1.18 bits per heavy atom. The lowest BCUT2D eigenvalue weighted by molar-refractivity contribution is 0.0946. The van der Waals surface area contributed by atoms with Gasteiger partial charge in [0.05, 0.1) is 28.3 Å². The molecule has 1 N–H and O–H groups in total. The van der Waals surface area contributed by atoms with Gasteiger partial charge in [-0.3, -0.25) is 9.78 Å². The van der Waals surface area contributed by atoms with Crippen molar-refractivity contribution in [1.82, 2.24) is 25.5 Å². The van der Waals surface area contributed by atoms with Crippen molar-refractivity contribution in [2.75, 3.05) is 0 Å². The van der Waals surface area contributed by atoms with E-state index in [-0.39, 0.29) is 11.6 Å². The largest absolute Gasteiger partial charge is 0.421 e. The number of aromatic nitrogens is 4. The van der Waals surface area contributed by atoms with Crippen molar-refractivity contribution >= 4 is 28.4 Å². The first kappa shape index (κ1) is 18.1. The average molecular weight is 394 g/mol. The van der Waals surface area contributed by atoms with Crippen LogP contribution in [0.1, 0.15) is 27.6 Å². The van der Waals surface area contributed by atoms with Gasteiger partial charge in [-0.05, 0) is 42.8 Å². The Labute approximate surface area is 165 Å². The third kappa shape index (κ3) is 3.57. The number of pyridine rings is 2. The van der Waals surface area contributed by atoms with Crippen LogP contribution in [-0.2, 0) is 6.54 Å². The van der Waals surface area contributed by atoms with E-state index in [2.05, 4.69) is 25.5 Å². The van der Waals surface area contributed by atoms with Gasteiger partial charge in [-0.25, -0.2) is 4.98 Å². The normalized spacial score (nSPS) is 11.0. The van der Waals surface area contributed by atoms with Crippen molar-refractivity contribution < 1.29 is 9.21 Å². The van der Waals surface area contributed by atoms with E-state index in [0.717, 1.165) is 11.3 Å². The van der Waals surface area contributed by atoms with Crippen LogP contribution in [0.4, 0.5) is 0 Å². The number of hydrogen-bond donors (Lipinski definition) is 1. The minimum Gasteiger partial charge on any atom is -0.421 e. The van der Waals surface area contributed by atoms with Crippen LogP contribution < -0.4 is 5.32 Å². The van der Waals surface area contributed by atoms with E-state index < -0.39 is 0 Å². The Balaban J connectivity index is 1.74. The Hall–Kier alpha value is -3.32. The number of halogens is 1. The zero-order valence-corrected chi connectivity index (χ0v) is 16.0. The minimum absolute atomic E-state index is 0.203. The van der Waals surface area contributed by atoms with Crippen LogP contribution >= 0.6 is 11.6 Å². The Morgan fingerprint density at radius 2 is 2.04 bits per heavy atom. The summed E-state index contributed by atoms with van der Waals surface area (Å²) in [4.78, 5) is 21.3. The molecule has 28 heavy (non-hydrogen) atoms. The molecule has 0 radical (unpaired) electrons. The van der Waals surface area contributed by atoms with Gasteiger partial charge in [-0.2, -0.15) is 0 Å². The second kappa shape index (κ2) is 7.36. The van der Waals surface area contributed by atoms with Gasteiger partial charge in [0, 0.05) is 18.5 Å². The maximum absolute atomic E-state index is 12.6. The molecule has 0 unspecified atom stereocenters. The second-order valence-electron chi connectivity index (χ2n) is 6.33. The van der Waals surface area contributed by atoms with E-state index in [9.17, 15) is 4.79 Å². The second-order valence-corrected chi connectivity index (χ2v) is 6.74. The number of nitrogens with one attached hydrogen (secondary N) is 1. The molecule has 3 heterocycles. The summed E-state index contributed by atoms with van der Waals surface area (Å²) in [5, 5.41) is 11.9. The van der Waals surface area contributed by atoms with Crippen LogP contribution in [0.5, 0.6) is 0 Å². The topological polar surface area (TPSA) is 93.8 Å². The van der Waals surface area contributed by atoms with Crippen LogP contribution in [0.15, 0.2) is 47.0 Å². The first-order valence-corrected chi connectivity index (χ1v) is 8.98. The highest BCUT2D eigenvalue weighted by Crippen LogP contribution is 2.32. The van der Waals surface area contributed by atoms with E-state index in [4.69, 9.17) is 16.0 Å². The van der Waals surface area contributed by atoms with Gasteiger partial charge < -0.3 is 9.73 Å². The predicted molar refractivity (Wildman–Crippen MR) is 105 cm³/mol. The van der Waals surface area contributed by atoms with Crippen LogP contribution in [0.2, 0.25) is 5.02 Å². The molecule has 0 saturated heterocycles. The first-order valence-electron chi connectivity index (χ1n) is 8.61. The van der Waals surface area contributed by atoms with Gasteiger partial charge >= 0.3 is 0 Å². The van der Waals surface area contributed by atoms with Gasteiger partial charge in [-0.1, -0.05) is 17.7 Å². The smallest absolute Gasteiger partial charge is 0.270 e. The summed E-state index contributed by atoms with van der Waals surface area (Å²) in [6.07, 6.45) is 1.67. The quantitative estimate of drug-likeness (QED) is 0.565. The fourth-order valence-electron chi connectivity index (χ4n) is 2.88. The first-order chi connectivity index (χ1) is 13.5. The predicted octanol–water partition coefficient (Wildman–Crippen LogP) is 3.88. The minimum atomic E-state index is -0.345. The summed E-state index contributed by atoms with van der Waals surface area (Å²) in [5.41, 5.74) is 3.09. The molecule has 3 aromatic heterocycles. The van der Waals surface area contributed by atoms with Gasteiger partial charge in [0.15, 0.2) is 0 Å². The fraction of sp³-hybridized carbons (Fsp3) is 0.150. The molecule has 0 aliphatic rings. The molecular formula is C20H16ClN5O2. The monoisotopic (exact) mass is 393 g/mol. The standard InChI is InChI=1S/C20H16ClN5O2/c1-11-7-14-16(21)9-17(19(27)23-10-13-5-3-4-6-22-13)24-18(14)15(8-11)20-26-25-12(2)28-20/h3-9H,10H2,1-2H3,(H,23,27). The molecule has 1 amide bonds. The average Bonchev–Trinajstić information content (AvgIpc) is 3.13. The fourth-order valence-corrected chi connectivity index (χ4v) is 3.13. The number of rotatable bonds is 4. The molecule has 4 aromatic rings. The molecule has 0 aliphatic heterocycles. The van der Waals surface area contributed by atoms with Gasteiger partial charge in [-0.15, -0.1) is 10.2 Å². The number of carbonyl (C=O) groups is 1. The van der Waals surface area contributed by atoms with Crippen LogP contribution in [0, 0.1) is 13.8 Å². The molecule has 0 bridgehead atoms. The number of nitrogens with zero attached hydrogens (tertiary/aromatic N) is 4. The molecular weight excluding hydrogens is 378 g/mol. The van der Waals surface area contributed by atoms with E-state index in [1.54, 1.807) is 19.2 Å². The highest BCUT2D eigenvalue weighted by molar-refractivity contribution is 6.36. The summed E-state index contributed by atoms with van der Waals surface area (Å²) in [6, 6.07) is 10.9. The van der Waals surface area contributed by atoms with Crippen molar-refractivity contribution in [3.63, 3.8) is 0 Å². The van der Waals surface area contributed by atoms with Crippen molar-refractivity contribution in [2.45, 2.75) is 20.4 Å². The van der Waals surface area contributed by atoms with Crippen molar-refractivity contribution in [2.24, 2.45) is 0 Å². The molecule has 0 saturated carbocycles. The lowest BCUT2D eigenvalue weighted by Gasteiger charge is -2.10. The van der Waals surface area contributed by atoms with E-state index in [1.807, 2.05) is 37.3 Å². The third-order valence-electron chi connectivity index (χ3n) is 4.15. The molecule has 0 spiro atoms. The lowest BCUT2D eigenvalue weighted by atomic mass is 10.0.